The Bertz CT molecular complexity index is 856. The zero-order valence-corrected chi connectivity index (χ0v) is 13.6. The van der Waals surface area contributed by atoms with Crippen molar-refractivity contribution < 1.29 is 9.53 Å². The van der Waals surface area contributed by atoms with Gasteiger partial charge < -0.3 is 4.74 Å². The van der Waals surface area contributed by atoms with Gasteiger partial charge in [0.1, 0.15) is 17.2 Å². The molecule has 0 aliphatic heterocycles. The average Bonchev–Trinajstić information content (AvgIpc) is 2.86. The quantitative estimate of drug-likeness (QED) is 0.768. The first kappa shape index (κ1) is 15.4. The Labute approximate surface area is 138 Å². The lowest BCUT2D eigenvalue weighted by Gasteiger charge is -2.08. The number of carbonyl (C=O) groups is 1. The number of amides is 1. The van der Waals surface area contributed by atoms with E-state index in [-0.39, 0.29) is 0 Å². The summed E-state index contributed by atoms with van der Waals surface area (Å²) in [5.41, 5.74) is 3.37. The zero-order valence-electron chi connectivity index (χ0n) is 12.8. The molecule has 0 saturated carbocycles. The van der Waals surface area contributed by atoms with Crippen molar-refractivity contribution in [3.63, 3.8) is 0 Å². The Morgan fingerprint density at radius 2 is 2.04 bits per heavy atom. The van der Waals surface area contributed by atoms with Gasteiger partial charge in [-0.15, -0.1) is 0 Å². The van der Waals surface area contributed by atoms with E-state index >= 15 is 0 Å². The maximum atomic E-state index is 11.9. The van der Waals surface area contributed by atoms with E-state index in [1.54, 1.807) is 19.1 Å². The number of rotatable bonds is 3. The van der Waals surface area contributed by atoms with E-state index in [1.807, 2.05) is 41.8 Å². The minimum atomic E-state index is -0.509. The number of halogens is 1. The molecule has 0 radical (unpaired) electrons. The second-order valence-electron chi connectivity index (χ2n) is 5.09. The van der Waals surface area contributed by atoms with Crippen LogP contribution in [0.3, 0.4) is 0 Å². The van der Waals surface area contributed by atoms with Crippen molar-refractivity contribution in [2.45, 2.75) is 13.8 Å². The molecule has 5 nitrogen and oxygen atoms in total. The highest BCUT2D eigenvalue weighted by Gasteiger charge is 2.17. The number of nitrogens with zero attached hydrogens (tertiary/aromatic N) is 2. The van der Waals surface area contributed by atoms with Gasteiger partial charge in [-0.2, -0.15) is 0 Å². The summed E-state index contributed by atoms with van der Waals surface area (Å²) in [6.45, 7) is 4.06. The number of benzene rings is 1. The lowest BCUT2D eigenvalue weighted by atomic mass is 10.1. The number of aryl methyl sites for hydroxylation is 1. The van der Waals surface area contributed by atoms with Crippen molar-refractivity contribution in [1.29, 1.82) is 0 Å². The Balaban J connectivity index is 2.14. The van der Waals surface area contributed by atoms with E-state index < -0.39 is 6.09 Å². The third-order valence-corrected chi connectivity index (χ3v) is 3.65. The fourth-order valence-electron chi connectivity index (χ4n) is 2.34. The van der Waals surface area contributed by atoms with E-state index in [0.29, 0.717) is 23.1 Å². The lowest BCUT2D eigenvalue weighted by molar-refractivity contribution is 0.168. The Morgan fingerprint density at radius 1 is 1.30 bits per heavy atom. The number of anilines is 1. The Kier molecular flexibility index (Phi) is 4.21. The summed E-state index contributed by atoms with van der Waals surface area (Å²) >= 11 is 5.95. The predicted molar refractivity (Wildman–Crippen MR) is 91.0 cm³/mol. The van der Waals surface area contributed by atoms with Crippen LogP contribution in [0.5, 0.6) is 0 Å². The molecule has 3 rings (SSSR count). The van der Waals surface area contributed by atoms with Gasteiger partial charge in [0.05, 0.1) is 6.61 Å². The van der Waals surface area contributed by atoms with Gasteiger partial charge in [0.25, 0.3) is 0 Å². The number of imidazole rings is 1. The van der Waals surface area contributed by atoms with E-state index in [2.05, 4.69) is 10.3 Å². The monoisotopic (exact) mass is 329 g/mol. The molecular formula is C17H16ClN3O2. The van der Waals surface area contributed by atoms with Gasteiger partial charge in [-0.1, -0.05) is 23.7 Å². The fourth-order valence-corrected chi connectivity index (χ4v) is 2.46. The van der Waals surface area contributed by atoms with E-state index in [4.69, 9.17) is 16.3 Å². The van der Waals surface area contributed by atoms with Crippen LogP contribution in [0.25, 0.3) is 16.9 Å². The normalized spacial score (nSPS) is 10.7. The van der Waals surface area contributed by atoms with Crippen LogP contribution in [0.2, 0.25) is 5.02 Å². The molecule has 1 amide bonds. The maximum absolute atomic E-state index is 11.9. The van der Waals surface area contributed by atoms with Crippen molar-refractivity contribution in [3.05, 3.63) is 53.2 Å². The molecule has 2 heterocycles. The first-order valence-corrected chi connectivity index (χ1v) is 7.64. The molecule has 0 aliphatic carbocycles. The Hall–Kier alpha value is -2.53. The van der Waals surface area contributed by atoms with Crippen LogP contribution in [0.4, 0.5) is 10.6 Å². The van der Waals surface area contributed by atoms with E-state index in [0.717, 1.165) is 16.8 Å². The number of ether oxygens (including phenoxy) is 1. The third-order valence-electron chi connectivity index (χ3n) is 3.40. The second kappa shape index (κ2) is 6.30. The summed E-state index contributed by atoms with van der Waals surface area (Å²) in [7, 11) is 0. The molecule has 1 N–H and O–H groups in total. The highest BCUT2D eigenvalue weighted by atomic mass is 35.5. The molecule has 0 spiro atoms. The summed E-state index contributed by atoms with van der Waals surface area (Å²) in [5.74, 6) is 0.570. The van der Waals surface area contributed by atoms with Crippen molar-refractivity contribution in [1.82, 2.24) is 9.38 Å². The molecule has 0 fully saturated rings. The fraction of sp³-hybridized carbons (Fsp3) is 0.176. The van der Waals surface area contributed by atoms with Crippen molar-refractivity contribution in [2.75, 3.05) is 11.9 Å². The number of hydrogen-bond donors (Lipinski definition) is 1. The molecular weight excluding hydrogens is 314 g/mol. The molecule has 0 bridgehead atoms. The largest absolute Gasteiger partial charge is 0.450 e. The van der Waals surface area contributed by atoms with Gasteiger partial charge in [0.2, 0.25) is 0 Å². The van der Waals surface area contributed by atoms with Gasteiger partial charge in [0.15, 0.2) is 0 Å². The van der Waals surface area contributed by atoms with Crippen molar-refractivity contribution in [3.8, 4) is 11.3 Å². The number of fused-ring (bicyclic) bond motifs is 1. The van der Waals surface area contributed by atoms with Crippen LogP contribution in [-0.4, -0.2) is 22.1 Å². The highest BCUT2D eigenvalue weighted by Crippen LogP contribution is 2.30. The molecule has 0 saturated heterocycles. The van der Waals surface area contributed by atoms with Crippen molar-refractivity contribution in [2.24, 2.45) is 0 Å². The van der Waals surface area contributed by atoms with Crippen LogP contribution in [0.1, 0.15) is 12.5 Å². The molecule has 23 heavy (non-hydrogen) atoms. The standard InChI is InChI=1S/C17H16ClN3O2/c1-3-23-17(22)20-16-15(12-4-6-13(18)7-5-12)19-14-10-11(2)8-9-21(14)16/h4-10H,3H2,1-2H3,(H,20,22). The molecule has 2 aromatic heterocycles. The number of nitrogens with one attached hydrogen (secondary N) is 1. The molecule has 3 aromatic rings. The zero-order chi connectivity index (χ0) is 16.4. The van der Waals surface area contributed by atoms with Gasteiger partial charge >= 0.3 is 6.09 Å². The number of aromatic nitrogens is 2. The van der Waals surface area contributed by atoms with Gasteiger partial charge in [-0.05, 0) is 43.7 Å². The summed E-state index contributed by atoms with van der Waals surface area (Å²) in [6.07, 6.45) is 1.36. The first-order valence-electron chi connectivity index (χ1n) is 7.27. The van der Waals surface area contributed by atoms with Gasteiger partial charge in [0, 0.05) is 16.8 Å². The van der Waals surface area contributed by atoms with Crippen LogP contribution in [0, 0.1) is 6.92 Å². The Morgan fingerprint density at radius 3 is 2.74 bits per heavy atom. The number of carbonyl (C=O) groups excluding carboxylic acids is 1. The molecule has 118 valence electrons. The predicted octanol–water partition coefficient (Wildman–Crippen LogP) is 4.53. The first-order chi connectivity index (χ1) is 11.1. The molecule has 0 atom stereocenters. The maximum Gasteiger partial charge on any atom is 0.412 e. The van der Waals surface area contributed by atoms with Gasteiger partial charge in [-0.25, -0.2) is 9.78 Å². The average molecular weight is 330 g/mol. The van der Waals surface area contributed by atoms with E-state index in [9.17, 15) is 4.79 Å². The summed E-state index contributed by atoms with van der Waals surface area (Å²) in [5, 5.41) is 3.42. The summed E-state index contributed by atoms with van der Waals surface area (Å²) < 4.78 is 6.81. The van der Waals surface area contributed by atoms with Crippen LogP contribution >= 0.6 is 11.6 Å². The molecule has 6 heteroatoms. The minimum absolute atomic E-state index is 0.304. The van der Waals surface area contributed by atoms with Crippen LogP contribution in [0.15, 0.2) is 42.6 Å². The van der Waals surface area contributed by atoms with Crippen LogP contribution < -0.4 is 5.32 Å². The number of pyridine rings is 1. The highest BCUT2D eigenvalue weighted by molar-refractivity contribution is 6.30. The van der Waals surface area contributed by atoms with Gasteiger partial charge in [-0.3, -0.25) is 9.72 Å². The molecule has 0 aliphatic rings. The smallest absolute Gasteiger partial charge is 0.412 e. The third kappa shape index (κ3) is 3.14. The minimum Gasteiger partial charge on any atom is -0.450 e. The van der Waals surface area contributed by atoms with E-state index in [1.165, 1.54) is 0 Å². The summed E-state index contributed by atoms with van der Waals surface area (Å²) in [4.78, 5) is 16.5. The SMILES string of the molecule is CCOC(=O)Nc1c(-c2ccc(Cl)cc2)nc2cc(C)ccn12. The summed E-state index contributed by atoms with van der Waals surface area (Å²) in [6, 6.07) is 11.2. The molecule has 0 unspecified atom stereocenters. The van der Waals surface area contributed by atoms with Crippen molar-refractivity contribution >= 4 is 29.2 Å². The topological polar surface area (TPSA) is 55.6 Å². The number of hydrogen-bond acceptors (Lipinski definition) is 3. The van der Waals surface area contributed by atoms with Crippen LogP contribution in [-0.2, 0) is 4.74 Å². The lowest BCUT2D eigenvalue weighted by Crippen LogP contribution is -2.15. The molecule has 1 aromatic carbocycles. The second-order valence-corrected chi connectivity index (χ2v) is 5.53.